The van der Waals surface area contributed by atoms with Crippen molar-refractivity contribution in [3.8, 4) is 0 Å². The molecule has 0 aliphatic carbocycles. The van der Waals surface area contributed by atoms with Gasteiger partial charge >= 0.3 is 0 Å². The minimum Gasteiger partial charge on any atom is -0.396 e. The van der Waals surface area contributed by atoms with Gasteiger partial charge in [0.05, 0.1) is 6.61 Å². The van der Waals surface area contributed by atoms with Crippen LogP contribution in [0.3, 0.4) is 0 Å². The molecule has 0 amide bonds. The van der Waals surface area contributed by atoms with Crippen molar-refractivity contribution >= 4 is 5.84 Å². The summed E-state index contributed by atoms with van der Waals surface area (Å²) in [6.45, 7) is 1.87. The van der Waals surface area contributed by atoms with E-state index in [1.807, 2.05) is 6.92 Å². The Kier molecular flexibility index (Phi) is 3.24. The third-order valence-corrected chi connectivity index (χ3v) is 1.22. The van der Waals surface area contributed by atoms with Crippen molar-refractivity contribution in [2.24, 2.45) is 5.92 Å². The number of rotatable bonds is 2. The second-order valence-corrected chi connectivity index (χ2v) is 2.36. The van der Waals surface area contributed by atoms with E-state index in [0.29, 0.717) is 5.84 Å². The quantitative estimate of drug-likeness (QED) is 0.413. The molecule has 0 aliphatic heterocycles. The van der Waals surface area contributed by atoms with Gasteiger partial charge in [0.1, 0.15) is 5.84 Å². The fourth-order valence-electron chi connectivity index (χ4n) is 0.527. The molecule has 0 radical (unpaired) electrons. The second-order valence-electron chi connectivity index (χ2n) is 2.36. The van der Waals surface area contributed by atoms with Crippen molar-refractivity contribution in [3.05, 3.63) is 0 Å². The second kappa shape index (κ2) is 3.45. The number of nitrogens with one attached hydrogen (secondary N) is 1. The van der Waals surface area contributed by atoms with E-state index in [4.69, 9.17) is 10.5 Å². The maximum atomic E-state index is 8.59. The Hall–Kier alpha value is -0.570. The largest absolute Gasteiger partial charge is 0.396 e. The standard InChI is InChI=1S/C6H14N2O/c1-5(4-9)6(7)8(2)3/h5,7,9H,4H2,1-3H3/t5-/m0/s1. The van der Waals surface area contributed by atoms with Crippen LogP contribution >= 0.6 is 0 Å². The fraction of sp³-hybridized carbons (Fsp3) is 0.833. The van der Waals surface area contributed by atoms with Gasteiger partial charge in [-0.3, -0.25) is 5.41 Å². The van der Waals surface area contributed by atoms with Crippen LogP contribution in [0.1, 0.15) is 6.92 Å². The molecule has 0 saturated heterocycles. The highest BCUT2D eigenvalue weighted by atomic mass is 16.3. The first-order chi connectivity index (χ1) is 4.09. The van der Waals surface area contributed by atoms with Crippen molar-refractivity contribution in [1.82, 2.24) is 4.90 Å². The molecule has 0 fully saturated rings. The van der Waals surface area contributed by atoms with Crippen LogP contribution in [-0.4, -0.2) is 36.5 Å². The zero-order valence-corrected chi connectivity index (χ0v) is 6.18. The molecule has 54 valence electrons. The summed E-state index contributed by atoms with van der Waals surface area (Å²) in [7, 11) is 3.60. The van der Waals surface area contributed by atoms with Gasteiger partial charge in [-0.2, -0.15) is 0 Å². The number of hydrogen-bond acceptors (Lipinski definition) is 2. The average Bonchev–Trinajstić information content (AvgIpc) is 1.84. The molecular weight excluding hydrogens is 116 g/mol. The highest BCUT2D eigenvalue weighted by Crippen LogP contribution is 1.96. The zero-order valence-electron chi connectivity index (χ0n) is 6.18. The van der Waals surface area contributed by atoms with Crippen molar-refractivity contribution in [2.75, 3.05) is 20.7 Å². The topological polar surface area (TPSA) is 47.3 Å². The highest BCUT2D eigenvalue weighted by molar-refractivity contribution is 5.80. The molecule has 0 spiro atoms. The van der Waals surface area contributed by atoms with Crippen LogP contribution in [0.25, 0.3) is 0 Å². The van der Waals surface area contributed by atoms with Crippen LogP contribution in [-0.2, 0) is 0 Å². The molecule has 0 unspecified atom stereocenters. The van der Waals surface area contributed by atoms with Crippen LogP contribution in [0.2, 0.25) is 0 Å². The molecule has 9 heavy (non-hydrogen) atoms. The van der Waals surface area contributed by atoms with Gasteiger partial charge in [0.15, 0.2) is 0 Å². The Morgan fingerprint density at radius 1 is 1.67 bits per heavy atom. The Balaban J connectivity index is 3.73. The monoisotopic (exact) mass is 130 g/mol. The summed E-state index contributed by atoms with van der Waals surface area (Å²) in [6, 6.07) is 0. The number of amidine groups is 1. The van der Waals surface area contributed by atoms with E-state index >= 15 is 0 Å². The molecule has 0 aromatic rings. The summed E-state index contributed by atoms with van der Waals surface area (Å²) in [5.41, 5.74) is 0. The molecule has 3 heteroatoms. The minimum atomic E-state index is -0.0417. The third kappa shape index (κ3) is 2.46. The van der Waals surface area contributed by atoms with E-state index in [-0.39, 0.29) is 12.5 Å². The first-order valence-electron chi connectivity index (χ1n) is 2.96. The molecule has 0 aliphatic rings. The summed E-state index contributed by atoms with van der Waals surface area (Å²) >= 11 is 0. The first-order valence-corrected chi connectivity index (χ1v) is 2.96. The van der Waals surface area contributed by atoms with Crippen LogP contribution in [0.15, 0.2) is 0 Å². The van der Waals surface area contributed by atoms with Crippen LogP contribution < -0.4 is 0 Å². The van der Waals surface area contributed by atoms with Gasteiger partial charge in [-0.1, -0.05) is 6.92 Å². The van der Waals surface area contributed by atoms with Gasteiger partial charge in [0.25, 0.3) is 0 Å². The van der Waals surface area contributed by atoms with Gasteiger partial charge in [0, 0.05) is 20.0 Å². The Morgan fingerprint density at radius 3 is 2.22 bits per heavy atom. The van der Waals surface area contributed by atoms with Crippen LogP contribution in [0.4, 0.5) is 0 Å². The van der Waals surface area contributed by atoms with Gasteiger partial charge in [-0.15, -0.1) is 0 Å². The van der Waals surface area contributed by atoms with Gasteiger partial charge in [-0.05, 0) is 0 Å². The van der Waals surface area contributed by atoms with E-state index in [0.717, 1.165) is 0 Å². The molecule has 1 atom stereocenters. The van der Waals surface area contributed by atoms with E-state index in [2.05, 4.69) is 0 Å². The lowest BCUT2D eigenvalue weighted by Gasteiger charge is -2.17. The molecule has 0 aromatic carbocycles. The first kappa shape index (κ1) is 8.43. The normalized spacial score (nSPS) is 12.9. The number of hydrogen-bond donors (Lipinski definition) is 2. The van der Waals surface area contributed by atoms with Crippen molar-refractivity contribution < 1.29 is 5.11 Å². The number of aliphatic hydroxyl groups is 1. The van der Waals surface area contributed by atoms with E-state index < -0.39 is 0 Å². The van der Waals surface area contributed by atoms with Crippen molar-refractivity contribution in [3.63, 3.8) is 0 Å². The van der Waals surface area contributed by atoms with Crippen LogP contribution in [0.5, 0.6) is 0 Å². The molecule has 3 nitrogen and oxygen atoms in total. The lowest BCUT2D eigenvalue weighted by molar-refractivity contribution is 0.262. The van der Waals surface area contributed by atoms with Gasteiger partial charge < -0.3 is 10.0 Å². The molecule has 0 saturated carbocycles. The summed E-state index contributed by atoms with van der Waals surface area (Å²) in [5.74, 6) is 0.428. The average molecular weight is 130 g/mol. The summed E-state index contributed by atoms with van der Waals surface area (Å²) in [6.07, 6.45) is 0. The SMILES string of the molecule is C[C@@H](CO)C(=N)N(C)C. The Labute approximate surface area is 55.8 Å². The van der Waals surface area contributed by atoms with E-state index in [1.54, 1.807) is 19.0 Å². The molecular formula is C6H14N2O. The Morgan fingerprint density at radius 2 is 2.11 bits per heavy atom. The summed E-state index contributed by atoms with van der Waals surface area (Å²) < 4.78 is 0. The molecule has 0 heterocycles. The number of aliphatic hydroxyl groups excluding tert-OH is 1. The molecule has 2 N–H and O–H groups in total. The van der Waals surface area contributed by atoms with Crippen LogP contribution in [0, 0.1) is 11.3 Å². The zero-order chi connectivity index (χ0) is 7.44. The van der Waals surface area contributed by atoms with Crippen molar-refractivity contribution in [2.45, 2.75) is 6.92 Å². The summed E-state index contributed by atoms with van der Waals surface area (Å²) in [4.78, 5) is 1.70. The maximum Gasteiger partial charge on any atom is 0.100 e. The predicted octanol–water partition coefficient (Wildman–Crippen LogP) is 0.154. The minimum absolute atomic E-state index is 0.0417. The predicted molar refractivity (Wildman–Crippen MR) is 37.7 cm³/mol. The van der Waals surface area contributed by atoms with Gasteiger partial charge in [0.2, 0.25) is 0 Å². The summed E-state index contributed by atoms with van der Waals surface area (Å²) in [5, 5.41) is 15.9. The Bertz CT molecular complexity index is 101. The van der Waals surface area contributed by atoms with Gasteiger partial charge in [-0.25, -0.2) is 0 Å². The lowest BCUT2D eigenvalue weighted by Crippen LogP contribution is -2.29. The lowest BCUT2D eigenvalue weighted by atomic mass is 10.2. The van der Waals surface area contributed by atoms with E-state index in [9.17, 15) is 0 Å². The number of nitrogens with zero attached hydrogens (tertiary/aromatic N) is 1. The maximum absolute atomic E-state index is 8.59. The highest BCUT2D eigenvalue weighted by Gasteiger charge is 2.07. The third-order valence-electron chi connectivity index (χ3n) is 1.22. The molecule has 0 bridgehead atoms. The smallest absolute Gasteiger partial charge is 0.100 e. The molecule has 0 rings (SSSR count). The molecule has 0 aromatic heterocycles. The fourth-order valence-corrected chi connectivity index (χ4v) is 0.527. The van der Waals surface area contributed by atoms with Crippen molar-refractivity contribution in [1.29, 1.82) is 5.41 Å². The van der Waals surface area contributed by atoms with E-state index in [1.165, 1.54) is 0 Å².